The molecular weight excluding hydrogens is 333 g/mol. The van der Waals surface area contributed by atoms with Gasteiger partial charge < -0.3 is 4.90 Å². The molecule has 21 heavy (non-hydrogen) atoms. The molecule has 0 aromatic carbocycles. The summed E-state index contributed by atoms with van der Waals surface area (Å²) in [6.45, 7) is 2.50. The van der Waals surface area contributed by atoms with Gasteiger partial charge in [0.25, 0.3) is 0 Å². The lowest BCUT2D eigenvalue weighted by Gasteiger charge is -2.31. The quantitative estimate of drug-likeness (QED) is 0.781. The molecule has 2 heterocycles. The predicted octanol–water partition coefficient (Wildman–Crippen LogP) is 2.35. The molecule has 0 unspecified atom stereocenters. The number of rotatable bonds is 4. The Morgan fingerprint density at radius 1 is 1.33 bits per heavy atom. The van der Waals surface area contributed by atoms with Gasteiger partial charge in [-0.25, -0.2) is 17.7 Å². The predicted molar refractivity (Wildman–Crippen MR) is 84.3 cm³/mol. The number of sulfonamides is 1. The van der Waals surface area contributed by atoms with Crippen LogP contribution in [0.15, 0.2) is 17.0 Å². The summed E-state index contributed by atoms with van der Waals surface area (Å²) in [5.41, 5.74) is 0. The summed E-state index contributed by atoms with van der Waals surface area (Å²) in [6, 6.07) is 2.84. The van der Waals surface area contributed by atoms with Crippen LogP contribution in [0.5, 0.6) is 0 Å². The molecule has 0 saturated carbocycles. The number of hydrogen-bond donors (Lipinski definition) is 0. The molecule has 0 bridgehead atoms. The highest BCUT2D eigenvalue weighted by molar-refractivity contribution is 7.89. The number of likely N-dealkylation sites (tertiary alicyclic amines) is 1. The second-order valence-corrected chi connectivity index (χ2v) is 8.21. The fourth-order valence-electron chi connectivity index (χ4n) is 2.47. The minimum atomic E-state index is -3.63. The third-order valence-electron chi connectivity index (χ3n) is 3.82. The van der Waals surface area contributed by atoms with Crippen molar-refractivity contribution in [2.45, 2.75) is 17.7 Å². The summed E-state index contributed by atoms with van der Waals surface area (Å²) in [5, 5.41) is 0.0923. The largest absolute Gasteiger partial charge is 0.306 e. The summed E-state index contributed by atoms with van der Waals surface area (Å²) in [4.78, 5) is 6.06. The van der Waals surface area contributed by atoms with E-state index in [1.165, 1.54) is 16.4 Å². The Labute approximate surface area is 135 Å². The molecule has 1 saturated heterocycles. The third kappa shape index (κ3) is 4.07. The van der Waals surface area contributed by atoms with Gasteiger partial charge in [0.1, 0.15) is 10.0 Å². The Morgan fingerprint density at radius 3 is 2.52 bits per heavy atom. The smallest absolute Gasteiger partial charge is 0.245 e. The van der Waals surface area contributed by atoms with Gasteiger partial charge in [0, 0.05) is 13.6 Å². The van der Waals surface area contributed by atoms with Gasteiger partial charge in [-0.05, 0) is 51.0 Å². The number of nitrogens with zero attached hydrogens (tertiary/aromatic N) is 3. The SMILES string of the molecule is CN1CCC(CN(C)S(=O)(=O)c2ccc(Cl)nc2Cl)CC1. The van der Waals surface area contributed by atoms with Crippen LogP contribution in [0.4, 0.5) is 0 Å². The zero-order valence-corrected chi connectivity index (χ0v) is 14.4. The van der Waals surface area contributed by atoms with Crippen molar-refractivity contribution in [2.24, 2.45) is 5.92 Å². The maximum absolute atomic E-state index is 12.6. The van der Waals surface area contributed by atoms with Crippen LogP contribution in [0.25, 0.3) is 0 Å². The fourth-order valence-corrected chi connectivity index (χ4v) is 4.34. The molecule has 0 aliphatic carbocycles. The topological polar surface area (TPSA) is 53.5 Å². The number of halogens is 2. The monoisotopic (exact) mass is 351 g/mol. The Balaban J connectivity index is 2.11. The molecule has 0 spiro atoms. The zero-order valence-electron chi connectivity index (χ0n) is 12.1. The van der Waals surface area contributed by atoms with Crippen molar-refractivity contribution < 1.29 is 8.42 Å². The maximum Gasteiger partial charge on any atom is 0.245 e. The second-order valence-electron chi connectivity index (χ2n) is 5.46. The molecule has 8 heteroatoms. The van der Waals surface area contributed by atoms with E-state index in [0.717, 1.165) is 25.9 Å². The fraction of sp³-hybridized carbons (Fsp3) is 0.615. The molecule has 0 atom stereocenters. The van der Waals surface area contributed by atoms with Gasteiger partial charge in [-0.2, -0.15) is 0 Å². The number of pyridine rings is 1. The van der Waals surface area contributed by atoms with Gasteiger partial charge in [0.2, 0.25) is 10.0 Å². The number of piperidine rings is 1. The van der Waals surface area contributed by atoms with E-state index < -0.39 is 10.0 Å². The van der Waals surface area contributed by atoms with Crippen LogP contribution in [-0.2, 0) is 10.0 Å². The second kappa shape index (κ2) is 6.79. The average Bonchev–Trinajstić information content (AvgIpc) is 2.40. The van der Waals surface area contributed by atoms with E-state index in [0.29, 0.717) is 12.5 Å². The van der Waals surface area contributed by atoms with Crippen LogP contribution in [0.3, 0.4) is 0 Å². The number of aromatic nitrogens is 1. The molecule has 1 aliphatic rings. The van der Waals surface area contributed by atoms with E-state index in [4.69, 9.17) is 23.2 Å². The van der Waals surface area contributed by atoms with Gasteiger partial charge in [-0.1, -0.05) is 23.2 Å². The van der Waals surface area contributed by atoms with Gasteiger partial charge in [0.05, 0.1) is 0 Å². The van der Waals surface area contributed by atoms with E-state index in [-0.39, 0.29) is 15.2 Å². The van der Waals surface area contributed by atoms with Crippen molar-refractivity contribution in [3.63, 3.8) is 0 Å². The first-order valence-corrected chi connectivity index (χ1v) is 8.97. The Kier molecular flexibility index (Phi) is 5.48. The van der Waals surface area contributed by atoms with Gasteiger partial charge >= 0.3 is 0 Å². The standard InChI is InChI=1S/C13H19Cl2N3O2S/c1-17-7-5-10(6-8-17)9-18(2)21(19,20)11-3-4-12(14)16-13(11)15/h3-4,10H,5-9H2,1-2H3. The lowest BCUT2D eigenvalue weighted by molar-refractivity contribution is 0.202. The van der Waals surface area contributed by atoms with Gasteiger partial charge in [-0.3, -0.25) is 0 Å². The average molecular weight is 352 g/mol. The third-order valence-corrected chi connectivity index (χ3v) is 6.29. The number of hydrogen-bond acceptors (Lipinski definition) is 4. The van der Waals surface area contributed by atoms with Crippen LogP contribution in [-0.4, -0.2) is 56.3 Å². The molecule has 0 amide bonds. The first-order valence-electron chi connectivity index (χ1n) is 6.77. The molecule has 0 radical (unpaired) electrons. The summed E-state index contributed by atoms with van der Waals surface area (Å²) in [6.07, 6.45) is 2.01. The van der Waals surface area contributed by atoms with E-state index >= 15 is 0 Å². The first kappa shape index (κ1) is 17.0. The van der Waals surface area contributed by atoms with Crippen molar-refractivity contribution >= 4 is 33.2 Å². The summed E-state index contributed by atoms with van der Waals surface area (Å²) >= 11 is 11.6. The maximum atomic E-state index is 12.6. The minimum Gasteiger partial charge on any atom is -0.306 e. The van der Waals surface area contributed by atoms with Gasteiger partial charge in [0.15, 0.2) is 5.15 Å². The summed E-state index contributed by atoms with van der Waals surface area (Å²) < 4.78 is 26.5. The summed E-state index contributed by atoms with van der Waals surface area (Å²) in [7, 11) is 0.0285. The van der Waals surface area contributed by atoms with Crippen LogP contribution in [0.1, 0.15) is 12.8 Å². The molecule has 1 aliphatic heterocycles. The van der Waals surface area contributed by atoms with E-state index in [1.807, 2.05) is 0 Å². The molecule has 0 N–H and O–H groups in total. The van der Waals surface area contributed by atoms with E-state index in [2.05, 4.69) is 16.9 Å². The first-order chi connectivity index (χ1) is 9.80. The van der Waals surface area contributed by atoms with Crippen LogP contribution >= 0.6 is 23.2 Å². The Bertz CT molecular complexity index is 601. The normalized spacial score (nSPS) is 18.3. The Hall–Kier alpha value is -0.400. The van der Waals surface area contributed by atoms with Crippen LogP contribution in [0.2, 0.25) is 10.3 Å². The molecule has 2 rings (SSSR count). The molecule has 1 aromatic heterocycles. The lowest BCUT2D eigenvalue weighted by Crippen LogP contribution is -2.38. The van der Waals surface area contributed by atoms with Crippen molar-refractivity contribution in [1.82, 2.24) is 14.2 Å². The molecule has 5 nitrogen and oxygen atoms in total. The highest BCUT2D eigenvalue weighted by Gasteiger charge is 2.28. The molecule has 1 fully saturated rings. The van der Waals surface area contributed by atoms with Crippen molar-refractivity contribution in [3.05, 3.63) is 22.4 Å². The molecule has 1 aromatic rings. The van der Waals surface area contributed by atoms with Crippen molar-refractivity contribution in [1.29, 1.82) is 0 Å². The lowest BCUT2D eigenvalue weighted by atomic mass is 9.97. The minimum absolute atomic E-state index is 0.00370. The van der Waals surface area contributed by atoms with Crippen molar-refractivity contribution in [2.75, 3.05) is 33.7 Å². The summed E-state index contributed by atoms with van der Waals surface area (Å²) in [5.74, 6) is 0.375. The van der Waals surface area contributed by atoms with Crippen LogP contribution in [0, 0.1) is 5.92 Å². The van der Waals surface area contributed by atoms with Crippen molar-refractivity contribution in [3.8, 4) is 0 Å². The molecule has 118 valence electrons. The molecular formula is C13H19Cl2N3O2S. The van der Waals surface area contributed by atoms with E-state index in [9.17, 15) is 8.42 Å². The van der Waals surface area contributed by atoms with Crippen LogP contribution < -0.4 is 0 Å². The highest BCUT2D eigenvalue weighted by Crippen LogP contribution is 2.26. The highest BCUT2D eigenvalue weighted by atomic mass is 35.5. The van der Waals surface area contributed by atoms with E-state index in [1.54, 1.807) is 7.05 Å². The van der Waals surface area contributed by atoms with Gasteiger partial charge in [-0.15, -0.1) is 0 Å². The zero-order chi connectivity index (χ0) is 15.6. The Morgan fingerprint density at radius 2 is 1.95 bits per heavy atom.